The summed E-state index contributed by atoms with van der Waals surface area (Å²) in [5, 5.41) is 7.33. The first-order chi connectivity index (χ1) is 8.27. The molecule has 1 N–H and O–H groups in total. The number of nitrogens with zero attached hydrogens (tertiary/aromatic N) is 2. The molecule has 4 nitrogen and oxygen atoms in total. The Labute approximate surface area is 103 Å². The molecule has 0 saturated carbocycles. The number of aryl methyl sites for hydroxylation is 1. The standard InChI is InChI=1S/C13H23N3O/c1-3-5-6-7-9-16-13(17)10-12(11-15-16)14-8-4-2/h10-11,14H,3-9H2,1-2H3. The van der Waals surface area contributed by atoms with E-state index in [9.17, 15) is 4.79 Å². The number of nitrogens with one attached hydrogen (secondary N) is 1. The Balaban J connectivity index is 2.48. The minimum absolute atomic E-state index is 0.0115. The van der Waals surface area contributed by atoms with Crippen molar-refractivity contribution in [2.75, 3.05) is 11.9 Å². The van der Waals surface area contributed by atoms with Crippen molar-refractivity contribution in [3.8, 4) is 0 Å². The first-order valence-electron chi connectivity index (χ1n) is 6.59. The van der Waals surface area contributed by atoms with Gasteiger partial charge in [-0.25, -0.2) is 4.68 Å². The van der Waals surface area contributed by atoms with E-state index >= 15 is 0 Å². The van der Waals surface area contributed by atoms with Crippen molar-refractivity contribution in [1.29, 1.82) is 0 Å². The fraction of sp³-hybridized carbons (Fsp3) is 0.692. The molecule has 96 valence electrons. The Kier molecular flexibility index (Phi) is 6.37. The molecule has 4 heteroatoms. The average Bonchev–Trinajstić information content (AvgIpc) is 2.34. The van der Waals surface area contributed by atoms with Gasteiger partial charge in [-0.3, -0.25) is 4.79 Å². The second-order valence-corrected chi connectivity index (χ2v) is 4.29. The third kappa shape index (κ3) is 5.02. The zero-order valence-electron chi connectivity index (χ0n) is 10.9. The maximum absolute atomic E-state index is 11.7. The van der Waals surface area contributed by atoms with Gasteiger partial charge < -0.3 is 5.32 Å². The Morgan fingerprint density at radius 1 is 1.24 bits per heavy atom. The molecule has 0 unspecified atom stereocenters. The third-order valence-electron chi connectivity index (χ3n) is 2.67. The Hall–Kier alpha value is -1.32. The average molecular weight is 237 g/mol. The molecule has 0 aliphatic rings. The number of rotatable bonds is 8. The predicted molar refractivity (Wildman–Crippen MR) is 71.4 cm³/mol. The smallest absolute Gasteiger partial charge is 0.268 e. The van der Waals surface area contributed by atoms with Crippen molar-refractivity contribution in [3.05, 3.63) is 22.6 Å². The Morgan fingerprint density at radius 2 is 2.06 bits per heavy atom. The molecule has 0 fully saturated rings. The number of hydrogen-bond donors (Lipinski definition) is 1. The molecule has 0 aliphatic heterocycles. The number of hydrogen-bond acceptors (Lipinski definition) is 3. The molecule has 1 heterocycles. The highest BCUT2D eigenvalue weighted by atomic mass is 16.1. The van der Waals surface area contributed by atoms with Gasteiger partial charge in [0.15, 0.2) is 0 Å². The maximum Gasteiger partial charge on any atom is 0.268 e. The number of aromatic nitrogens is 2. The van der Waals surface area contributed by atoms with E-state index < -0.39 is 0 Å². The summed E-state index contributed by atoms with van der Waals surface area (Å²) in [7, 11) is 0. The van der Waals surface area contributed by atoms with Gasteiger partial charge in [-0.1, -0.05) is 33.1 Å². The second-order valence-electron chi connectivity index (χ2n) is 4.29. The topological polar surface area (TPSA) is 46.9 Å². The van der Waals surface area contributed by atoms with E-state index in [4.69, 9.17) is 0 Å². The van der Waals surface area contributed by atoms with Crippen LogP contribution in [0.2, 0.25) is 0 Å². The van der Waals surface area contributed by atoms with Crippen molar-refractivity contribution in [3.63, 3.8) is 0 Å². The molecule has 0 spiro atoms. The van der Waals surface area contributed by atoms with Crippen LogP contribution in [-0.4, -0.2) is 16.3 Å². The van der Waals surface area contributed by atoms with E-state index in [-0.39, 0.29) is 5.56 Å². The molecule has 1 rings (SSSR count). The molecule has 1 aromatic rings. The van der Waals surface area contributed by atoms with Gasteiger partial charge in [-0.15, -0.1) is 0 Å². The highest BCUT2D eigenvalue weighted by Crippen LogP contribution is 2.02. The van der Waals surface area contributed by atoms with E-state index in [1.54, 1.807) is 16.9 Å². The van der Waals surface area contributed by atoms with Crippen molar-refractivity contribution >= 4 is 5.69 Å². The lowest BCUT2D eigenvalue weighted by Crippen LogP contribution is -2.22. The number of unbranched alkanes of at least 4 members (excludes halogenated alkanes) is 3. The summed E-state index contributed by atoms with van der Waals surface area (Å²) in [5.41, 5.74) is 0.809. The van der Waals surface area contributed by atoms with Gasteiger partial charge >= 0.3 is 0 Å². The first kappa shape index (κ1) is 13.7. The van der Waals surface area contributed by atoms with Crippen LogP contribution >= 0.6 is 0 Å². The molecular weight excluding hydrogens is 214 g/mol. The summed E-state index contributed by atoms with van der Waals surface area (Å²) in [6.07, 6.45) is 7.41. The molecule has 17 heavy (non-hydrogen) atoms. The van der Waals surface area contributed by atoms with Gasteiger partial charge in [-0.05, 0) is 12.8 Å². The molecule has 0 aromatic carbocycles. The lowest BCUT2D eigenvalue weighted by molar-refractivity contribution is 0.519. The van der Waals surface area contributed by atoms with Crippen LogP contribution in [0.3, 0.4) is 0 Å². The summed E-state index contributed by atoms with van der Waals surface area (Å²) in [5.74, 6) is 0. The highest BCUT2D eigenvalue weighted by molar-refractivity contribution is 5.38. The monoisotopic (exact) mass is 237 g/mol. The minimum Gasteiger partial charge on any atom is -0.384 e. The van der Waals surface area contributed by atoms with Gasteiger partial charge in [0.1, 0.15) is 0 Å². The van der Waals surface area contributed by atoms with Crippen LogP contribution in [0.15, 0.2) is 17.1 Å². The lowest BCUT2D eigenvalue weighted by atomic mass is 10.2. The zero-order valence-corrected chi connectivity index (χ0v) is 10.9. The van der Waals surface area contributed by atoms with E-state index in [0.717, 1.165) is 31.6 Å². The molecule has 1 aromatic heterocycles. The normalized spacial score (nSPS) is 10.5. The quantitative estimate of drug-likeness (QED) is 0.707. The van der Waals surface area contributed by atoms with Crippen molar-refractivity contribution in [2.45, 2.75) is 52.5 Å². The Morgan fingerprint density at radius 3 is 2.71 bits per heavy atom. The van der Waals surface area contributed by atoms with Crippen LogP contribution in [0, 0.1) is 0 Å². The zero-order chi connectivity index (χ0) is 12.5. The van der Waals surface area contributed by atoms with E-state index in [0.29, 0.717) is 0 Å². The van der Waals surface area contributed by atoms with E-state index in [2.05, 4.69) is 24.3 Å². The molecule has 0 atom stereocenters. The minimum atomic E-state index is -0.0115. The summed E-state index contributed by atoms with van der Waals surface area (Å²) in [6, 6.07) is 1.63. The highest BCUT2D eigenvalue weighted by Gasteiger charge is 1.99. The fourth-order valence-electron chi connectivity index (χ4n) is 1.66. The molecule has 0 radical (unpaired) electrons. The molecule has 0 amide bonds. The molecule has 0 bridgehead atoms. The van der Waals surface area contributed by atoms with Crippen molar-refractivity contribution in [1.82, 2.24) is 9.78 Å². The lowest BCUT2D eigenvalue weighted by Gasteiger charge is -2.07. The van der Waals surface area contributed by atoms with E-state index in [1.165, 1.54) is 19.3 Å². The second kappa shape index (κ2) is 7.87. The van der Waals surface area contributed by atoms with Crippen LogP contribution < -0.4 is 10.9 Å². The first-order valence-corrected chi connectivity index (χ1v) is 6.59. The maximum atomic E-state index is 11.7. The van der Waals surface area contributed by atoms with Crippen molar-refractivity contribution < 1.29 is 0 Å². The van der Waals surface area contributed by atoms with Crippen LogP contribution in [0.1, 0.15) is 46.0 Å². The fourth-order valence-corrected chi connectivity index (χ4v) is 1.66. The molecular formula is C13H23N3O. The van der Waals surface area contributed by atoms with Gasteiger partial charge in [-0.2, -0.15) is 5.10 Å². The van der Waals surface area contributed by atoms with Gasteiger partial charge in [0.25, 0.3) is 5.56 Å². The van der Waals surface area contributed by atoms with Crippen LogP contribution in [-0.2, 0) is 6.54 Å². The molecule has 0 saturated heterocycles. The largest absolute Gasteiger partial charge is 0.384 e. The van der Waals surface area contributed by atoms with Crippen LogP contribution in [0.4, 0.5) is 5.69 Å². The predicted octanol–water partition coefficient (Wildman–Crippen LogP) is 2.65. The van der Waals surface area contributed by atoms with Crippen molar-refractivity contribution in [2.24, 2.45) is 0 Å². The number of anilines is 1. The summed E-state index contributed by atoms with van der Waals surface area (Å²) in [4.78, 5) is 11.7. The van der Waals surface area contributed by atoms with Crippen LogP contribution in [0.5, 0.6) is 0 Å². The van der Waals surface area contributed by atoms with Gasteiger partial charge in [0.05, 0.1) is 11.9 Å². The summed E-state index contributed by atoms with van der Waals surface area (Å²) in [6.45, 7) is 5.88. The Bertz CT molecular complexity index is 373. The summed E-state index contributed by atoms with van der Waals surface area (Å²) < 4.78 is 1.55. The van der Waals surface area contributed by atoms with Gasteiger partial charge in [0, 0.05) is 19.2 Å². The third-order valence-corrected chi connectivity index (χ3v) is 2.67. The molecule has 0 aliphatic carbocycles. The van der Waals surface area contributed by atoms with Crippen LogP contribution in [0.25, 0.3) is 0 Å². The SMILES string of the molecule is CCCCCCn1ncc(NCCC)cc1=O. The van der Waals surface area contributed by atoms with E-state index in [1.807, 2.05) is 0 Å². The summed E-state index contributed by atoms with van der Waals surface area (Å²) >= 11 is 0. The van der Waals surface area contributed by atoms with Gasteiger partial charge in [0.2, 0.25) is 0 Å².